The molecular formula is C15H17FN4. The van der Waals surface area contributed by atoms with Crippen LogP contribution in [0.15, 0.2) is 24.3 Å². The quantitative estimate of drug-likeness (QED) is 0.911. The molecule has 1 aliphatic rings. The molecule has 1 aliphatic heterocycles. The molecule has 0 atom stereocenters. The highest BCUT2D eigenvalue weighted by atomic mass is 19.1. The van der Waals surface area contributed by atoms with Crippen LogP contribution < -0.4 is 5.32 Å². The predicted octanol–water partition coefficient (Wildman–Crippen LogP) is 2.31. The summed E-state index contributed by atoms with van der Waals surface area (Å²) in [6.07, 6.45) is 0.914. The van der Waals surface area contributed by atoms with Crippen molar-refractivity contribution in [1.29, 1.82) is 0 Å². The standard InChI is InChI=1S/C15H17FN4/c1-17-15-12-9-20(2)8-7-13(12)18-14(19-15)10-3-5-11(16)6-4-10/h3-6H,7-9H2,1-2H3,(H,17,18,19). The molecule has 104 valence electrons. The fourth-order valence-corrected chi connectivity index (χ4v) is 2.48. The van der Waals surface area contributed by atoms with Gasteiger partial charge in [-0.2, -0.15) is 0 Å². The van der Waals surface area contributed by atoms with Crippen molar-refractivity contribution < 1.29 is 4.39 Å². The van der Waals surface area contributed by atoms with Crippen molar-refractivity contribution in [1.82, 2.24) is 14.9 Å². The Bertz CT molecular complexity index is 607. The lowest BCUT2D eigenvalue weighted by Gasteiger charge is -2.26. The zero-order chi connectivity index (χ0) is 14.1. The molecule has 0 amide bonds. The Hall–Kier alpha value is -2.01. The fraction of sp³-hybridized carbons (Fsp3) is 0.333. The van der Waals surface area contributed by atoms with Crippen LogP contribution in [0.5, 0.6) is 0 Å². The molecule has 3 rings (SSSR count). The highest BCUT2D eigenvalue weighted by Crippen LogP contribution is 2.26. The topological polar surface area (TPSA) is 41.1 Å². The van der Waals surface area contributed by atoms with Crippen molar-refractivity contribution in [3.63, 3.8) is 0 Å². The van der Waals surface area contributed by atoms with Crippen molar-refractivity contribution in [2.24, 2.45) is 0 Å². The summed E-state index contributed by atoms with van der Waals surface area (Å²) in [5.41, 5.74) is 3.08. The van der Waals surface area contributed by atoms with E-state index in [0.29, 0.717) is 5.82 Å². The average molecular weight is 272 g/mol. The minimum Gasteiger partial charge on any atom is -0.373 e. The largest absolute Gasteiger partial charge is 0.373 e. The van der Waals surface area contributed by atoms with Crippen molar-refractivity contribution in [3.8, 4) is 11.4 Å². The van der Waals surface area contributed by atoms with Crippen LogP contribution in [0.25, 0.3) is 11.4 Å². The van der Waals surface area contributed by atoms with Crippen LogP contribution in [-0.2, 0) is 13.0 Å². The first-order valence-corrected chi connectivity index (χ1v) is 6.69. The maximum Gasteiger partial charge on any atom is 0.161 e. The summed E-state index contributed by atoms with van der Waals surface area (Å²) >= 11 is 0. The molecule has 1 aromatic carbocycles. The van der Waals surface area contributed by atoms with Gasteiger partial charge in [0.2, 0.25) is 0 Å². The number of hydrogen-bond acceptors (Lipinski definition) is 4. The molecular weight excluding hydrogens is 255 g/mol. The van der Waals surface area contributed by atoms with E-state index >= 15 is 0 Å². The molecule has 1 N–H and O–H groups in total. The summed E-state index contributed by atoms with van der Waals surface area (Å²) in [6.45, 7) is 1.85. The Balaban J connectivity index is 2.07. The molecule has 5 heteroatoms. The van der Waals surface area contributed by atoms with Crippen LogP contribution in [-0.4, -0.2) is 35.5 Å². The van der Waals surface area contributed by atoms with E-state index in [1.807, 2.05) is 7.05 Å². The van der Waals surface area contributed by atoms with Crippen LogP contribution in [0, 0.1) is 5.82 Å². The van der Waals surface area contributed by atoms with Gasteiger partial charge in [0.25, 0.3) is 0 Å². The van der Waals surface area contributed by atoms with Gasteiger partial charge in [0.05, 0.1) is 5.69 Å². The number of rotatable bonds is 2. The van der Waals surface area contributed by atoms with E-state index in [1.165, 1.54) is 12.1 Å². The third-order valence-electron chi connectivity index (χ3n) is 3.59. The van der Waals surface area contributed by atoms with Crippen molar-refractivity contribution in [3.05, 3.63) is 41.3 Å². The van der Waals surface area contributed by atoms with Gasteiger partial charge in [-0.3, -0.25) is 0 Å². The van der Waals surface area contributed by atoms with E-state index in [2.05, 4.69) is 27.2 Å². The smallest absolute Gasteiger partial charge is 0.161 e. The fourth-order valence-electron chi connectivity index (χ4n) is 2.48. The van der Waals surface area contributed by atoms with Gasteiger partial charge in [0, 0.05) is 37.7 Å². The monoisotopic (exact) mass is 272 g/mol. The number of nitrogens with zero attached hydrogens (tertiary/aromatic N) is 3. The number of fused-ring (bicyclic) bond motifs is 1. The number of aromatic nitrogens is 2. The molecule has 20 heavy (non-hydrogen) atoms. The zero-order valence-corrected chi connectivity index (χ0v) is 11.7. The molecule has 0 saturated heterocycles. The highest BCUT2D eigenvalue weighted by Gasteiger charge is 2.20. The Labute approximate surface area is 117 Å². The van der Waals surface area contributed by atoms with Gasteiger partial charge in [-0.15, -0.1) is 0 Å². The van der Waals surface area contributed by atoms with Gasteiger partial charge in [0.15, 0.2) is 5.82 Å². The van der Waals surface area contributed by atoms with E-state index in [4.69, 9.17) is 0 Å². The number of anilines is 1. The Morgan fingerprint density at radius 1 is 1.20 bits per heavy atom. The van der Waals surface area contributed by atoms with E-state index in [-0.39, 0.29) is 5.82 Å². The van der Waals surface area contributed by atoms with E-state index in [9.17, 15) is 4.39 Å². The third-order valence-corrected chi connectivity index (χ3v) is 3.59. The maximum atomic E-state index is 13.0. The molecule has 0 bridgehead atoms. The van der Waals surface area contributed by atoms with Crippen LogP contribution in [0.4, 0.5) is 10.2 Å². The van der Waals surface area contributed by atoms with E-state index in [0.717, 1.165) is 42.1 Å². The lowest BCUT2D eigenvalue weighted by atomic mass is 10.1. The van der Waals surface area contributed by atoms with Crippen molar-refractivity contribution >= 4 is 5.82 Å². The maximum absolute atomic E-state index is 13.0. The van der Waals surface area contributed by atoms with Gasteiger partial charge in [-0.25, -0.2) is 14.4 Å². The SMILES string of the molecule is CNc1nc(-c2ccc(F)cc2)nc2c1CN(C)CC2. The zero-order valence-electron chi connectivity index (χ0n) is 11.7. The highest BCUT2D eigenvalue weighted by molar-refractivity contribution is 5.60. The van der Waals surface area contributed by atoms with Crippen LogP contribution in [0.2, 0.25) is 0 Å². The number of halogens is 1. The Kier molecular flexibility index (Phi) is 3.36. The second-order valence-electron chi connectivity index (χ2n) is 5.07. The Morgan fingerprint density at radius 2 is 1.95 bits per heavy atom. The molecule has 2 heterocycles. The molecule has 0 unspecified atom stereocenters. The minimum atomic E-state index is -0.248. The number of nitrogens with one attached hydrogen (secondary N) is 1. The number of hydrogen-bond donors (Lipinski definition) is 1. The van der Waals surface area contributed by atoms with Crippen LogP contribution >= 0.6 is 0 Å². The minimum absolute atomic E-state index is 0.248. The lowest BCUT2D eigenvalue weighted by Crippen LogP contribution is -2.28. The first kappa shape index (κ1) is 13.0. The molecule has 2 aromatic rings. The molecule has 0 spiro atoms. The Morgan fingerprint density at radius 3 is 2.65 bits per heavy atom. The first-order chi connectivity index (χ1) is 9.67. The normalized spacial score (nSPS) is 14.9. The van der Waals surface area contributed by atoms with Gasteiger partial charge < -0.3 is 10.2 Å². The van der Waals surface area contributed by atoms with Gasteiger partial charge in [-0.1, -0.05) is 0 Å². The molecule has 0 aliphatic carbocycles. The molecule has 0 saturated carbocycles. The summed E-state index contributed by atoms with van der Waals surface area (Å²) < 4.78 is 13.0. The molecule has 0 fully saturated rings. The number of likely N-dealkylation sites (N-methyl/N-ethyl adjacent to an activating group) is 1. The van der Waals surface area contributed by atoms with E-state index in [1.54, 1.807) is 12.1 Å². The van der Waals surface area contributed by atoms with Gasteiger partial charge in [0.1, 0.15) is 11.6 Å². The van der Waals surface area contributed by atoms with Gasteiger partial charge >= 0.3 is 0 Å². The van der Waals surface area contributed by atoms with Crippen molar-refractivity contribution in [2.45, 2.75) is 13.0 Å². The first-order valence-electron chi connectivity index (χ1n) is 6.69. The second kappa shape index (κ2) is 5.17. The lowest BCUT2D eigenvalue weighted by molar-refractivity contribution is 0.310. The summed E-state index contributed by atoms with van der Waals surface area (Å²) in [7, 11) is 3.96. The third kappa shape index (κ3) is 2.36. The molecule has 0 radical (unpaired) electrons. The second-order valence-corrected chi connectivity index (χ2v) is 5.07. The number of benzene rings is 1. The summed E-state index contributed by atoms with van der Waals surface area (Å²) in [5, 5.41) is 3.15. The summed E-state index contributed by atoms with van der Waals surface area (Å²) in [6, 6.07) is 6.30. The molecule has 4 nitrogen and oxygen atoms in total. The predicted molar refractivity (Wildman–Crippen MR) is 77.0 cm³/mol. The molecule has 1 aromatic heterocycles. The van der Waals surface area contributed by atoms with Crippen molar-refractivity contribution in [2.75, 3.05) is 26.0 Å². The average Bonchev–Trinajstić information content (AvgIpc) is 2.47. The van der Waals surface area contributed by atoms with Crippen LogP contribution in [0.1, 0.15) is 11.3 Å². The summed E-state index contributed by atoms with van der Waals surface area (Å²) in [5.74, 6) is 1.26. The van der Waals surface area contributed by atoms with Gasteiger partial charge in [-0.05, 0) is 31.3 Å². The van der Waals surface area contributed by atoms with Crippen LogP contribution in [0.3, 0.4) is 0 Å². The summed E-state index contributed by atoms with van der Waals surface area (Å²) in [4.78, 5) is 11.5. The van der Waals surface area contributed by atoms with E-state index < -0.39 is 0 Å².